The minimum Gasteiger partial charge on any atom is -0.504 e. The number of benzene rings is 1. The highest BCUT2D eigenvalue weighted by atomic mass is 16.3. The zero-order valence-corrected chi connectivity index (χ0v) is 9.27. The van der Waals surface area contributed by atoms with Gasteiger partial charge in [0.25, 0.3) is 0 Å². The van der Waals surface area contributed by atoms with E-state index in [1.54, 1.807) is 0 Å². The lowest BCUT2D eigenvalue weighted by atomic mass is 10.1. The summed E-state index contributed by atoms with van der Waals surface area (Å²) < 4.78 is 1.92. The van der Waals surface area contributed by atoms with Crippen LogP contribution in [0.1, 0.15) is 17.7 Å². The number of rotatable bonds is 1. The molecule has 0 unspecified atom stereocenters. The largest absolute Gasteiger partial charge is 0.504 e. The highest BCUT2D eigenvalue weighted by Crippen LogP contribution is 2.34. The molecular formula is C13H14N2O. The molecule has 1 aromatic heterocycles. The summed E-state index contributed by atoms with van der Waals surface area (Å²) in [5.74, 6) is 0.364. The molecule has 0 radical (unpaired) electrons. The van der Waals surface area contributed by atoms with Crippen LogP contribution in [0.5, 0.6) is 5.75 Å². The fourth-order valence-corrected chi connectivity index (χ4v) is 2.30. The van der Waals surface area contributed by atoms with E-state index in [1.807, 2.05) is 29.8 Å². The van der Waals surface area contributed by atoms with Crippen LogP contribution in [0.25, 0.3) is 11.3 Å². The summed E-state index contributed by atoms with van der Waals surface area (Å²) >= 11 is 0. The molecule has 0 amide bonds. The van der Waals surface area contributed by atoms with Crippen LogP contribution in [0.4, 0.5) is 0 Å². The van der Waals surface area contributed by atoms with Crippen molar-refractivity contribution in [2.75, 3.05) is 0 Å². The molecule has 0 aliphatic carbocycles. The number of aryl methyl sites for hydroxylation is 2. The van der Waals surface area contributed by atoms with Gasteiger partial charge in [0.1, 0.15) is 5.69 Å². The predicted molar refractivity (Wildman–Crippen MR) is 62.4 cm³/mol. The minimum atomic E-state index is 0.364. The summed E-state index contributed by atoms with van der Waals surface area (Å²) in [4.78, 5) is 0. The smallest absolute Gasteiger partial charge is 0.164 e. The molecule has 1 aliphatic heterocycles. The summed E-state index contributed by atoms with van der Waals surface area (Å²) in [5.41, 5.74) is 3.89. The van der Waals surface area contributed by atoms with Gasteiger partial charge in [-0.05, 0) is 25.8 Å². The molecule has 3 rings (SSSR count). The van der Waals surface area contributed by atoms with Crippen molar-refractivity contribution >= 4 is 0 Å². The van der Waals surface area contributed by atoms with Gasteiger partial charge in [0, 0.05) is 12.1 Å². The van der Waals surface area contributed by atoms with Crippen molar-refractivity contribution < 1.29 is 5.11 Å². The maximum Gasteiger partial charge on any atom is 0.164 e. The van der Waals surface area contributed by atoms with Crippen molar-refractivity contribution in [3.8, 4) is 17.0 Å². The van der Waals surface area contributed by atoms with E-state index in [2.05, 4.69) is 11.2 Å². The van der Waals surface area contributed by atoms with Gasteiger partial charge in [0.15, 0.2) is 5.75 Å². The Labute approximate surface area is 94.3 Å². The summed E-state index contributed by atoms with van der Waals surface area (Å²) in [5, 5.41) is 14.6. The quantitative estimate of drug-likeness (QED) is 0.792. The molecule has 0 spiro atoms. The molecule has 3 heteroatoms. The molecule has 0 saturated heterocycles. The number of hydrogen-bond donors (Lipinski definition) is 1. The number of aromatic hydroxyl groups is 1. The zero-order chi connectivity index (χ0) is 11.1. The second-order valence-electron chi connectivity index (χ2n) is 4.34. The Bertz CT molecular complexity index is 543. The maximum atomic E-state index is 10.1. The summed E-state index contributed by atoms with van der Waals surface area (Å²) in [6, 6.07) is 8.08. The van der Waals surface area contributed by atoms with E-state index in [-0.39, 0.29) is 0 Å². The van der Waals surface area contributed by atoms with Gasteiger partial charge in [0.05, 0.1) is 5.69 Å². The van der Waals surface area contributed by atoms with Gasteiger partial charge in [-0.15, -0.1) is 0 Å². The van der Waals surface area contributed by atoms with E-state index in [4.69, 9.17) is 0 Å². The second kappa shape index (κ2) is 3.37. The van der Waals surface area contributed by atoms with E-state index in [1.165, 1.54) is 5.56 Å². The van der Waals surface area contributed by atoms with Crippen molar-refractivity contribution in [1.82, 2.24) is 9.78 Å². The second-order valence-corrected chi connectivity index (χ2v) is 4.34. The van der Waals surface area contributed by atoms with E-state index < -0.39 is 0 Å². The third-order valence-electron chi connectivity index (χ3n) is 3.10. The highest BCUT2D eigenvalue weighted by Gasteiger charge is 2.21. The molecular weight excluding hydrogens is 200 g/mol. The Kier molecular flexibility index (Phi) is 1.99. The average molecular weight is 214 g/mol. The SMILES string of the molecule is Cc1cccc(-c2nn3c(c2O)CCC3)c1. The molecule has 2 aromatic rings. The number of aromatic nitrogens is 2. The van der Waals surface area contributed by atoms with Crippen LogP contribution in [-0.2, 0) is 13.0 Å². The van der Waals surface area contributed by atoms with E-state index in [9.17, 15) is 5.11 Å². The van der Waals surface area contributed by atoms with Crippen LogP contribution in [0.3, 0.4) is 0 Å². The van der Waals surface area contributed by atoms with Crippen LogP contribution >= 0.6 is 0 Å². The highest BCUT2D eigenvalue weighted by molar-refractivity contribution is 5.68. The third kappa shape index (κ3) is 1.32. The van der Waals surface area contributed by atoms with Gasteiger partial charge >= 0.3 is 0 Å². The number of nitrogens with zero attached hydrogens (tertiary/aromatic N) is 2. The first-order valence-corrected chi connectivity index (χ1v) is 5.61. The zero-order valence-electron chi connectivity index (χ0n) is 9.27. The average Bonchev–Trinajstić information content (AvgIpc) is 2.82. The van der Waals surface area contributed by atoms with Crippen LogP contribution in [0.2, 0.25) is 0 Å². The number of hydrogen-bond acceptors (Lipinski definition) is 2. The van der Waals surface area contributed by atoms with Crippen molar-refractivity contribution in [2.24, 2.45) is 0 Å². The minimum absolute atomic E-state index is 0.364. The molecule has 16 heavy (non-hydrogen) atoms. The molecule has 0 atom stereocenters. The monoisotopic (exact) mass is 214 g/mol. The fourth-order valence-electron chi connectivity index (χ4n) is 2.30. The van der Waals surface area contributed by atoms with Gasteiger partial charge in [-0.3, -0.25) is 4.68 Å². The lowest BCUT2D eigenvalue weighted by Gasteiger charge is -2.00. The van der Waals surface area contributed by atoms with Crippen LogP contribution in [0, 0.1) is 6.92 Å². The van der Waals surface area contributed by atoms with Gasteiger partial charge in [0.2, 0.25) is 0 Å². The molecule has 1 N–H and O–H groups in total. The molecule has 0 fully saturated rings. The van der Waals surface area contributed by atoms with Crippen molar-refractivity contribution in [1.29, 1.82) is 0 Å². The first kappa shape index (κ1) is 9.46. The summed E-state index contributed by atoms with van der Waals surface area (Å²) in [6.45, 7) is 2.97. The fraction of sp³-hybridized carbons (Fsp3) is 0.308. The van der Waals surface area contributed by atoms with Crippen molar-refractivity contribution in [3.63, 3.8) is 0 Å². The van der Waals surface area contributed by atoms with Gasteiger partial charge in [-0.2, -0.15) is 5.10 Å². The third-order valence-corrected chi connectivity index (χ3v) is 3.10. The molecule has 0 bridgehead atoms. The molecule has 82 valence electrons. The summed E-state index contributed by atoms with van der Waals surface area (Å²) in [7, 11) is 0. The van der Waals surface area contributed by atoms with Gasteiger partial charge < -0.3 is 5.11 Å². The topological polar surface area (TPSA) is 38.0 Å². The normalized spacial score (nSPS) is 14.1. The Morgan fingerprint density at radius 3 is 3.00 bits per heavy atom. The lowest BCUT2D eigenvalue weighted by Crippen LogP contribution is -1.94. The van der Waals surface area contributed by atoms with E-state index in [0.29, 0.717) is 5.75 Å². The number of fused-ring (bicyclic) bond motifs is 1. The standard InChI is InChI=1S/C13H14N2O/c1-9-4-2-5-10(8-9)12-13(16)11-6-3-7-15(11)14-12/h2,4-5,8,16H,3,6-7H2,1H3. The summed E-state index contributed by atoms with van der Waals surface area (Å²) in [6.07, 6.45) is 2.02. The van der Waals surface area contributed by atoms with Crippen LogP contribution in [-0.4, -0.2) is 14.9 Å². The first-order chi connectivity index (χ1) is 7.75. The molecule has 3 nitrogen and oxygen atoms in total. The Morgan fingerprint density at radius 1 is 1.38 bits per heavy atom. The van der Waals surface area contributed by atoms with E-state index >= 15 is 0 Å². The van der Waals surface area contributed by atoms with Crippen LogP contribution < -0.4 is 0 Å². The molecule has 1 aromatic carbocycles. The van der Waals surface area contributed by atoms with Gasteiger partial charge in [-0.25, -0.2) is 0 Å². The molecule has 0 saturated carbocycles. The molecule has 2 heterocycles. The van der Waals surface area contributed by atoms with Crippen molar-refractivity contribution in [3.05, 3.63) is 35.5 Å². The van der Waals surface area contributed by atoms with Gasteiger partial charge in [-0.1, -0.05) is 23.8 Å². The Hall–Kier alpha value is -1.77. The Morgan fingerprint density at radius 2 is 2.25 bits per heavy atom. The first-order valence-electron chi connectivity index (χ1n) is 5.61. The maximum absolute atomic E-state index is 10.1. The lowest BCUT2D eigenvalue weighted by molar-refractivity contribution is 0.471. The Balaban J connectivity index is 2.14. The van der Waals surface area contributed by atoms with Crippen molar-refractivity contribution in [2.45, 2.75) is 26.3 Å². The molecule has 1 aliphatic rings. The predicted octanol–water partition coefficient (Wildman–Crippen LogP) is 2.51. The van der Waals surface area contributed by atoms with E-state index in [0.717, 1.165) is 36.3 Å². The van der Waals surface area contributed by atoms with Crippen LogP contribution in [0.15, 0.2) is 24.3 Å².